The maximum Gasteiger partial charge on any atom is 0.331 e. The van der Waals surface area contributed by atoms with Crippen molar-refractivity contribution in [2.45, 2.75) is 25.7 Å². The van der Waals surface area contributed by atoms with E-state index in [1.807, 2.05) is 0 Å². The van der Waals surface area contributed by atoms with E-state index in [0.29, 0.717) is 17.6 Å². The summed E-state index contributed by atoms with van der Waals surface area (Å²) in [6.45, 7) is 0. The first-order valence-electron chi connectivity index (χ1n) is 5.40. The largest absolute Gasteiger partial charge is 0.478 e. The minimum absolute atomic E-state index is 0.319. The molecule has 0 radical (unpaired) electrons. The first-order valence-corrected chi connectivity index (χ1v) is 5.40. The van der Waals surface area contributed by atoms with Crippen molar-refractivity contribution in [3.8, 4) is 0 Å². The Balaban J connectivity index is 2.47. The smallest absolute Gasteiger partial charge is 0.331 e. The highest BCUT2D eigenvalue weighted by Gasteiger charge is 2.19. The van der Waals surface area contributed by atoms with E-state index in [1.54, 1.807) is 12.1 Å². The number of halogens is 1. The van der Waals surface area contributed by atoms with Crippen LogP contribution in [0.4, 0.5) is 4.39 Å². The number of rotatable bonds is 2. The van der Waals surface area contributed by atoms with Gasteiger partial charge >= 0.3 is 5.97 Å². The average molecular weight is 220 g/mol. The SMILES string of the molecule is O=C(O)C1=C(c2cccc(F)c2)CCCC1. The molecule has 0 saturated heterocycles. The van der Waals surface area contributed by atoms with Gasteiger partial charge in [-0.15, -0.1) is 0 Å². The van der Waals surface area contributed by atoms with Crippen LogP contribution < -0.4 is 0 Å². The quantitative estimate of drug-likeness (QED) is 0.830. The molecule has 0 amide bonds. The van der Waals surface area contributed by atoms with E-state index in [0.717, 1.165) is 24.8 Å². The Morgan fingerprint density at radius 3 is 2.69 bits per heavy atom. The lowest BCUT2D eigenvalue weighted by Crippen LogP contribution is -2.08. The third-order valence-corrected chi connectivity index (χ3v) is 2.90. The first-order chi connectivity index (χ1) is 7.68. The number of hydrogen-bond donors (Lipinski definition) is 1. The zero-order valence-electron chi connectivity index (χ0n) is 8.87. The van der Waals surface area contributed by atoms with Gasteiger partial charge in [0.1, 0.15) is 5.82 Å². The van der Waals surface area contributed by atoms with Gasteiger partial charge in [0.25, 0.3) is 0 Å². The lowest BCUT2D eigenvalue weighted by Gasteiger charge is -2.17. The normalized spacial score (nSPS) is 16.3. The highest BCUT2D eigenvalue weighted by molar-refractivity contribution is 5.96. The Morgan fingerprint density at radius 2 is 2.00 bits per heavy atom. The number of allylic oxidation sites excluding steroid dienone is 1. The van der Waals surface area contributed by atoms with Crippen LogP contribution in [0.15, 0.2) is 29.8 Å². The van der Waals surface area contributed by atoms with Gasteiger partial charge in [0.15, 0.2) is 0 Å². The fraction of sp³-hybridized carbons (Fsp3) is 0.308. The van der Waals surface area contributed by atoms with Gasteiger partial charge < -0.3 is 5.11 Å². The summed E-state index contributed by atoms with van der Waals surface area (Å²) in [7, 11) is 0. The predicted octanol–water partition coefficient (Wildman–Crippen LogP) is 3.24. The summed E-state index contributed by atoms with van der Waals surface area (Å²) in [6, 6.07) is 6.16. The molecule has 1 aromatic carbocycles. The van der Waals surface area contributed by atoms with Crippen LogP contribution in [0.1, 0.15) is 31.2 Å². The second kappa shape index (κ2) is 4.47. The van der Waals surface area contributed by atoms with E-state index in [4.69, 9.17) is 5.11 Å². The van der Waals surface area contributed by atoms with E-state index in [9.17, 15) is 9.18 Å². The molecular weight excluding hydrogens is 207 g/mol. The molecule has 3 heteroatoms. The topological polar surface area (TPSA) is 37.3 Å². The van der Waals surface area contributed by atoms with Crippen LogP contribution >= 0.6 is 0 Å². The van der Waals surface area contributed by atoms with Gasteiger partial charge in [0, 0.05) is 5.57 Å². The Labute approximate surface area is 93.4 Å². The second-order valence-electron chi connectivity index (χ2n) is 3.98. The molecule has 84 valence electrons. The molecule has 0 fully saturated rings. The molecular formula is C13H13FO2. The zero-order valence-corrected chi connectivity index (χ0v) is 8.87. The number of benzene rings is 1. The summed E-state index contributed by atoms with van der Waals surface area (Å²) in [6.07, 6.45) is 3.19. The number of carbonyl (C=O) groups is 1. The molecule has 1 N–H and O–H groups in total. The molecule has 0 spiro atoms. The van der Waals surface area contributed by atoms with Crippen LogP contribution in [0.25, 0.3) is 5.57 Å². The van der Waals surface area contributed by atoms with Crippen LogP contribution in [0.3, 0.4) is 0 Å². The van der Waals surface area contributed by atoms with Crippen LogP contribution in [0.2, 0.25) is 0 Å². The molecule has 0 aliphatic heterocycles. The Kier molecular flexibility index (Phi) is 3.04. The molecule has 1 aromatic rings. The monoisotopic (exact) mass is 220 g/mol. The van der Waals surface area contributed by atoms with Crippen LogP contribution in [-0.2, 0) is 4.79 Å². The molecule has 0 unspecified atom stereocenters. The lowest BCUT2D eigenvalue weighted by molar-refractivity contribution is -0.132. The molecule has 0 heterocycles. The third-order valence-electron chi connectivity index (χ3n) is 2.90. The van der Waals surface area contributed by atoms with Crippen molar-refractivity contribution < 1.29 is 14.3 Å². The van der Waals surface area contributed by atoms with Crippen LogP contribution in [0.5, 0.6) is 0 Å². The van der Waals surface area contributed by atoms with Crippen LogP contribution in [-0.4, -0.2) is 11.1 Å². The molecule has 0 saturated carbocycles. The van der Waals surface area contributed by atoms with E-state index in [-0.39, 0.29) is 5.82 Å². The number of hydrogen-bond acceptors (Lipinski definition) is 1. The fourth-order valence-electron chi connectivity index (χ4n) is 2.14. The van der Waals surface area contributed by atoms with Gasteiger partial charge in [-0.05, 0) is 49.0 Å². The van der Waals surface area contributed by atoms with Gasteiger partial charge in [-0.2, -0.15) is 0 Å². The number of aliphatic carboxylic acids is 1. The van der Waals surface area contributed by atoms with Gasteiger partial charge in [0.2, 0.25) is 0 Å². The summed E-state index contributed by atoms with van der Waals surface area (Å²) in [5.74, 6) is -1.20. The van der Waals surface area contributed by atoms with Gasteiger partial charge in [0.05, 0.1) is 0 Å². The van der Waals surface area contributed by atoms with Gasteiger partial charge in [-0.1, -0.05) is 12.1 Å². The molecule has 2 rings (SSSR count). The summed E-state index contributed by atoms with van der Waals surface area (Å²) in [5, 5.41) is 9.09. The predicted molar refractivity (Wildman–Crippen MR) is 59.4 cm³/mol. The van der Waals surface area contributed by atoms with E-state index in [1.165, 1.54) is 12.1 Å². The van der Waals surface area contributed by atoms with Crippen molar-refractivity contribution in [2.24, 2.45) is 0 Å². The summed E-state index contributed by atoms with van der Waals surface area (Å²) >= 11 is 0. The molecule has 0 atom stereocenters. The zero-order chi connectivity index (χ0) is 11.5. The first kappa shape index (κ1) is 10.9. The molecule has 2 nitrogen and oxygen atoms in total. The summed E-state index contributed by atoms with van der Waals surface area (Å²) in [5.41, 5.74) is 1.94. The van der Waals surface area contributed by atoms with Crippen molar-refractivity contribution in [3.05, 3.63) is 41.2 Å². The minimum Gasteiger partial charge on any atom is -0.478 e. The summed E-state index contributed by atoms with van der Waals surface area (Å²) in [4.78, 5) is 11.1. The third kappa shape index (κ3) is 2.13. The van der Waals surface area contributed by atoms with E-state index < -0.39 is 5.97 Å². The van der Waals surface area contributed by atoms with Gasteiger partial charge in [-0.3, -0.25) is 0 Å². The van der Waals surface area contributed by atoms with E-state index >= 15 is 0 Å². The molecule has 1 aliphatic carbocycles. The lowest BCUT2D eigenvalue weighted by atomic mass is 9.87. The fourth-order valence-corrected chi connectivity index (χ4v) is 2.14. The van der Waals surface area contributed by atoms with Crippen molar-refractivity contribution >= 4 is 11.5 Å². The summed E-state index contributed by atoms with van der Waals surface area (Å²) < 4.78 is 13.1. The standard InChI is InChI=1S/C13H13FO2/c14-10-5-3-4-9(8-10)11-6-1-2-7-12(11)13(15)16/h3-5,8H,1-2,6-7H2,(H,15,16). The highest BCUT2D eigenvalue weighted by Crippen LogP contribution is 2.32. The van der Waals surface area contributed by atoms with Crippen molar-refractivity contribution in [3.63, 3.8) is 0 Å². The molecule has 16 heavy (non-hydrogen) atoms. The molecule has 0 bridgehead atoms. The van der Waals surface area contributed by atoms with Crippen molar-refractivity contribution in [2.75, 3.05) is 0 Å². The Morgan fingerprint density at radius 1 is 1.25 bits per heavy atom. The van der Waals surface area contributed by atoms with Crippen molar-refractivity contribution in [1.82, 2.24) is 0 Å². The van der Waals surface area contributed by atoms with Gasteiger partial charge in [-0.25, -0.2) is 9.18 Å². The average Bonchev–Trinajstić information content (AvgIpc) is 2.29. The highest BCUT2D eigenvalue weighted by atomic mass is 19.1. The minimum atomic E-state index is -0.876. The number of carboxylic acid groups (broad SMARTS) is 1. The Bertz CT molecular complexity index is 449. The van der Waals surface area contributed by atoms with Crippen molar-refractivity contribution in [1.29, 1.82) is 0 Å². The van der Waals surface area contributed by atoms with E-state index in [2.05, 4.69) is 0 Å². The maximum atomic E-state index is 13.1. The molecule has 0 aromatic heterocycles. The maximum absolute atomic E-state index is 13.1. The van der Waals surface area contributed by atoms with Crippen LogP contribution in [0, 0.1) is 5.82 Å². The second-order valence-corrected chi connectivity index (χ2v) is 3.98. The molecule has 1 aliphatic rings. The number of carboxylic acids is 1. The Hall–Kier alpha value is -1.64.